The third-order valence-corrected chi connectivity index (χ3v) is 4.23. The smallest absolute Gasteiger partial charge is 0.128 e. The van der Waals surface area contributed by atoms with Crippen molar-refractivity contribution in [3.63, 3.8) is 0 Å². The van der Waals surface area contributed by atoms with Crippen LogP contribution in [0.25, 0.3) is 0 Å². The zero-order valence-corrected chi connectivity index (χ0v) is 13.5. The van der Waals surface area contributed by atoms with Gasteiger partial charge in [-0.3, -0.25) is 4.98 Å². The molecule has 1 fully saturated rings. The Morgan fingerprint density at radius 1 is 1.23 bits per heavy atom. The van der Waals surface area contributed by atoms with E-state index in [2.05, 4.69) is 14.9 Å². The average molecular weight is 318 g/mol. The van der Waals surface area contributed by atoms with E-state index < -0.39 is 0 Å². The van der Waals surface area contributed by atoms with Crippen molar-refractivity contribution in [3.05, 3.63) is 47.4 Å². The van der Waals surface area contributed by atoms with Crippen LogP contribution in [0.5, 0.6) is 5.75 Å². The van der Waals surface area contributed by atoms with E-state index >= 15 is 0 Å². The van der Waals surface area contributed by atoms with Crippen molar-refractivity contribution in [2.24, 2.45) is 5.92 Å². The van der Waals surface area contributed by atoms with Gasteiger partial charge in [-0.15, -0.1) is 0 Å². The van der Waals surface area contributed by atoms with Crippen molar-refractivity contribution < 1.29 is 4.74 Å². The fourth-order valence-corrected chi connectivity index (χ4v) is 2.82. The summed E-state index contributed by atoms with van der Waals surface area (Å²) in [6, 6.07) is 7.77. The number of nitrogens with zero attached hydrogens (tertiary/aromatic N) is 3. The first-order chi connectivity index (χ1) is 10.7. The van der Waals surface area contributed by atoms with Gasteiger partial charge in [0.2, 0.25) is 0 Å². The molecule has 3 rings (SSSR count). The zero-order chi connectivity index (χ0) is 15.4. The molecule has 0 atom stereocenters. The van der Waals surface area contributed by atoms with Gasteiger partial charge in [0.15, 0.2) is 0 Å². The molecular formula is C17H20ClN3O. The van der Waals surface area contributed by atoms with Gasteiger partial charge in [0.1, 0.15) is 11.6 Å². The van der Waals surface area contributed by atoms with Crippen LogP contribution in [0.15, 0.2) is 36.7 Å². The highest BCUT2D eigenvalue weighted by Crippen LogP contribution is 2.23. The second-order valence-corrected chi connectivity index (χ2v) is 6.15. The van der Waals surface area contributed by atoms with E-state index in [1.807, 2.05) is 31.2 Å². The molecule has 4 nitrogen and oxygen atoms in total. The number of aromatic nitrogens is 2. The van der Waals surface area contributed by atoms with Crippen molar-refractivity contribution in [1.29, 1.82) is 0 Å². The number of hydrogen-bond donors (Lipinski definition) is 0. The van der Waals surface area contributed by atoms with Crippen molar-refractivity contribution in [2.75, 3.05) is 24.6 Å². The molecule has 0 unspecified atom stereocenters. The summed E-state index contributed by atoms with van der Waals surface area (Å²) in [5.41, 5.74) is 0.987. The van der Waals surface area contributed by atoms with Gasteiger partial charge in [-0.05, 0) is 43.9 Å². The molecule has 0 N–H and O–H groups in total. The molecule has 0 aliphatic carbocycles. The van der Waals surface area contributed by atoms with Crippen molar-refractivity contribution >= 4 is 17.4 Å². The molecule has 1 aliphatic rings. The van der Waals surface area contributed by atoms with E-state index in [9.17, 15) is 0 Å². The van der Waals surface area contributed by atoms with Crippen molar-refractivity contribution in [2.45, 2.75) is 19.8 Å². The maximum atomic E-state index is 5.89. The van der Waals surface area contributed by atoms with Crippen LogP contribution in [-0.4, -0.2) is 29.7 Å². The summed E-state index contributed by atoms with van der Waals surface area (Å²) in [7, 11) is 0. The van der Waals surface area contributed by atoms with Crippen LogP contribution in [-0.2, 0) is 0 Å². The topological polar surface area (TPSA) is 38.2 Å². The highest BCUT2D eigenvalue weighted by Gasteiger charge is 2.20. The Hall–Kier alpha value is -1.81. The largest absolute Gasteiger partial charge is 0.493 e. The number of pyridine rings is 2. The molecule has 2 aromatic rings. The summed E-state index contributed by atoms with van der Waals surface area (Å²) in [5.74, 6) is 2.51. The molecule has 0 amide bonds. The van der Waals surface area contributed by atoms with Crippen LogP contribution in [0, 0.1) is 12.8 Å². The Morgan fingerprint density at radius 2 is 2.05 bits per heavy atom. The summed E-state index contributed by atoms with van der Waals surface area (Å²) in [4.78, 5) is 10.9. The molecule has 0 spiro atoms. The lowest BCUT2D eigenvalue weighted by molar-refractivity contribution is 0.222. The average Bonchev–Trinajstić information content (AvgIpc) is 2.54. The molecule has 0 radical (unpaired) electrons. The van der Waals surface area contributed by atoms with Gasteiger partial charge in [0.05, 0.1) is 11.6 Å². The third kappa shape index (κ3) is 3.89. The predicted molar refractivity (Wildman–Crippen MR) is 88.7 cm³/mol. The maximum absolute atomic E-state index is 5.89. The van der Waals surface area contributed by atoms with Crippen molar-refractivity contribution in [1.82, 2.24) is 9.97 Å². The molecule has 5 heteroatoms. The van der Waals surface area contributed by atoms with Gasteiger partial charge < -0.3 is 9.64 Å². The Labute approximate surface area is 136 Å². The first-order valence-corrected chi connectivity index (χ1v) is 8.00. The SMILES string of the molecule is Cc1cc(OCC2CCN(c3ccc(Cl)cn3)CC2)ccn1. The fourth-order valence-electron chi connectivity index (χ4n) is 2.71. The van der Waals surface area contributed by atoms with Crippen LogP contribution in [0.1, 0.15) is 18.5 Å². The van der Waals surface area contributed by atoms with Crippen LogP contribution >= 0.6 is 11.6 Å². The zero-order valence-electron chi connectivity index (χ0n) is 12.7. The highest BCUT2D eigenvalue weighted by atomic mass is 35.5. The molecule has 1 aliphatic heterocycles. The number of piperidine rings is 1. The summed E-state index contributed by atoms with van der Waals surface area (Å²) < 4.78 is 5.89. The Bertz CT molecular complexity index is 610. The molecule has 3 heterocycles. The summed E-state index contributed by atoms with van der Waals surface area (Å²) in [6.45, 7) is 4.77. The number of aryl methyl sites for hydroxylation is 1. The lowest BCUT2D eigenvalue weighted by Crippen LogP contribution is -2.36. The van der Waals surface area contributed by atoms with Gasteiger partial charge in [0.25, 0.3) is 0 Å². The second-order valence-electron chi connectivity index (χ2n) is 5.71. The first-order valence-electron chi connectivity index (χ1n) is 7.62. The monoisotopic (exact) mass is 317 g/mol. The summed E-state index contributed by atoms with van der Waals surface area (Å²) in [5, 5.41) is 0.680. The first kappa shape index (κ1) is 15.1. The molecule has 1 saturated heterocycles. The Morgan fingerprint density at radius 3 is 2.73 bits per heavy atom. The Kier molecular flexibility index (Phi) is 4.78. The predicted octanol–water partition coefficient (Wildman–Crippen LogP) is 3.73. The molecule has 0 bridgehead atoms. The normalized spacial score (nSPS) is 15.8. The van der Waals surface area contributed by atoms with Gasteiger partial charge >= 0.3 is 0 Å². The minimum Gasteiger partial charge on any atom is -0.493 e. The van der Waals surface area contributed by atoms with Gasteiger partial charge in [-0.1, -0.05) is 11.6 Å². The maximum Gasteiger partial charge on any atom is 0.128 e. The number of hydrogen-bond acceptors (Lipinski definition) is 4. The summed E-state index contributed by atoms with van der Waals surface area (Å²) in [6.07, 6.45) is 5.74. The Balaban J connectivity index is 1.48. The van der Waals surface area contributed by atoms with Gasteiger partial charge in [-0.2, -0.15) is 0 Å². The van der Waals surface area contributed by atoms with Crippen LogP contribution in [0.3, 0.4) is 0 Å². The molecular weight excluding hydrogens is 298 g/mol. The fraction of sp³-hybridized carbons (Fsp3) is 0.412. The third-order valence-electron chi connectivity index (χ3n) is 4.00. The van der Waals surface area contributed by atoms with Crippen molar-refractivity contribution in [3.8, 4) is 5.75 Å². The van der Waals surface area contributed by atoms with Crippen LogP contribution in [0.2, 0.25) is 5.02 Å². The van der Waals surface area contributed by atoms with E-state index in [0.717, 1.165) is 49.8 Å². The summed E-state index contributed by atoms with van der Waals surface area (Å²) >= 11 is 5.88. The van der Waals surface area contributed by atoms with Crippen LogP contribution < -0.4 is 9.64 Å². The van der Waals surface area contributed by atoms with E-state index in [-0.39, 0.29) is 0 Å². The molecule has 22 heavy (non-hydrogen) atoms. The van der Waals surface area contributed by atoms with Gasteiger partial charge in [0, 0.05) is 37.2 Å². The van der Waals surface area contributed by atoms with E-state index in [0.29, 0.717) is 10.9 Å². The highest BCUT2D eigenvalue weighted by molar-refractivity contribution is 6.30. The standard InChI is InChI=1S/C17H20ClN3O/c1-13-10-16(4-7-19-13)22-12-14-5-8-21(9-6-14)17-3-2-15(18)11-20-17/h2-4,7,10-11,14H,5-6,8-9,12H2,1H3. The minimum absolute atomic E-state index is 0.594. The molecule has 0 saturated carbocycles. The lowest BCUT2D eigenvalue weighted by Gasteiger charge is -2.32. The second kappa shape index (κ2) is 6.97. The number of rotatable bonds is 4. The number of halogens is 1. The quantitative estimate of drug-likeness (QED) is 0.861. The molecule has 0 aromatic carbocycles. The molecule has 2 aromatic heterocycles. The van der Waals surface area contributed by atoms with E-state index in [1.54, 1.807) is 12.4 Å². The lowest BCUT2D eigenvalue weighted by atomic mass is 9.98. The van der Waals surface area contributed by atoms with E-state index in [4.69, 9.17) is 16.3 Å². The minimum atomic E-state index is 0.594. The van der Waals surface area contributed by atoms with Crippen LogP contribution in [0.4, 0.5) is 5.82 Å². The number of anilines is 1. The van der Waals surface area contributed by atoms with E-state index in [1.165, 1.54) is 0 Å². The molecule has 116 valence electrons. The number of ether oxygens (including phenoxy) is 1. The van der Waals surface area contributed by atoms with Gasteiger partial charge in [-0.25, -0.2) is 4.98 Å².